The summed E-state index contributed by atoms with van der Waals surface area (Å²) in [5, 5.41) is 19.7. The summed E-state index contributed by atoms with van der Waals surface area (Å²) < 4.78 is 13.3. The molecular formula is C11H10FN3. The molecule has 0 bridgehead atoms. The van der Waals surface area contributed by atoms with Crippen molar-refractivity contribution in [3.8, 4) is 12.1 Å². The third-order valence-electron chi connectivity index (χ3n) is 1.88. The largest absolute Gasteiger partial charge is 0.383 e. The van der Waals surface area contributed by atoms with Gasteiger partial charge in [-0.2, -0.15) is 10.5 Å². The Hall–Kier alpha value is -2.07. The maximum Gasteiger partial charge on any atom is 0.147 e. The number of nitrogens with zero attached hydrogens (tertiary/aromatic N) is 2. The van der Waals surface area contributed by atoms with Gasteiger partial charge in [0.25, 0.3) is 0 Å². The Balaban J connectivity index is 2.56. The fourth-order valence-electron chi connectivity index (χ4n) is 1.12. The van der Waals surface area contributed by atoms with Crippen LogP contribution in [0.4, 0.5) is 10.1 Å². The Labute approximate surface area is 87.8 Å². The topological polar surface area (TPSA) is 59.6 Å². The minimum absolute atomic E-state index is 0.301. The molecule has 15 heavy (non-hydrogen) atoms. The zero-order valence-corrected chi connectivity index (χ0v) is 8.13. The molecule has 1 rings (SSSR count). The van der Waals surface area contributed by atoms with Crippen molar-refractivity contribution in [3.63, 3.8) is 0 Å². The van der Waals surface area contributed by atoms with Crippen molar-refractivity contribution in [3.05, 3.63) is 29.6 Å². The molecule has 0 amide bonds. The van der Waals surface area contributed by atoms with E-state index in [1.54, 1.807) is 6.07 Å². The first-order valence-electron chi connectivity index (χ1n) is 4.58. The summed E-state index contributed by atoms with van der Waals surface area (Å²) in [5.41, 5.74) is 0.669. The highest BCUT2D eigenvalue weighted by Gasteiger charge is 2.01. The summed E-state index contributed by atoms with van der Waals surface area (Å²) in [4.78, 5) is 0. The van der Waals surface area contributed by atoms with Crippen molar-refractivity contribution in [2.75, 3.05) is 11.9 Å². The fraction of sp³-hybridized carbons (Fsp3) is 0.273. The molecule has 0 spiro atoms. The van der Waals surface area contributed by atoms with Crippen LogP contribution in [-0.4, -0.2) is 6.54 Å². The van der Waals surface area contributed by atoms with Crippen LogP contribution in [-0.2, 0) is 0 Å². The highest BCUT2D eigenvalue weighted by molar-refractivity contribution is 5.48. The molecule has 0 aliphatic rings. The molecule has 1 N–H and O–H groups in total. The molecule has 0 unspecified atom stereocenters. The highest BCUT2D eigenvalue weighted by Crippen LogP contribution is 2.15. The van der Waals surface area contributed by atoms with Crippen molar-refractivity contribution < 1.29 is 4.39 Å². The van der Waals surface area contributed by atoms with Gasteiger partial charge >= 0.3 is 0 Å². The number of anilines is 1. The lowest BCUT2D eigenvalue weighted by Gasteiger charge is -2.05. The minimum atomic E-state index is -0.439. The van der Waals surface area contributed by atoms with E-state index in [-0.39, 0.29) is 0 Å². The van der Waals surface area contributed by atoms with Crippen LogP contribution in [0, 0.1) is 28.5 Å². The molecule has 76 valence electrons. The molecule has 0 saturated heterocycles. The van der Waals surface area contributed by atoms with E-state index < -0.39 is 5.82 Å². The third-order valence-corrected chi connectivity index (χ3v) is 1.88. The molecule has 0 aromatic heterocycles. The zero-order chi connectivity index (χ0) is 11.1. The first-order chi connectivity index (χ1) is 7.27. The molecule has 0 aliphatic heterocycles. The van der Waals surface area contributed by atoms with Gasteiger partial charge in [0.2, 0.25) is 0 Å². The van der Waals surface area contributed by atoms with Gasteiger partial charge in [0.15, 0.2) is 0 Å². The van der Waals surface area contributed by atoms with Crippen LogP contribution < -0.4 is 5.32 Å². The molecule has 4 heteroatoms. The van der Waals surface area contributed by atoms with Gasteiger partial charge in [0.05, 0.1) is 23.4 Å². The second-order valence-corrected chi connectivity index (χ2v) is 2.99. The lowest BCUT2D eigenvalue weighted by atomic mass is 10.2. The average molecular weight is 203 g/mol. The Bertz CT molecular complexity index is 415. The first-order valence-corrected chi connectivity index (χ1v) is 4.58. The van der Waals surface area contributed by atoms with Gasteiger partial charge in [-0.25, -0.2) is 4.39 Å². The standard InChI is InChI=1S/C11H10FN3/c12-10-7-9(8-14)3-4-11(10)15-6-2-1-5-13/h3-4,7,15H,1-2,6H2. The molecule has 0 aliphatic carbocycles. The summed E-state index contributed by atoms with van der Waals surface area (Å²) in [7, 11) is 0. The van der Waals surface area contributed by atoms with Gasteiger partial charge in [0, 0.05) is 13.0 Å². The van der Waals surface area contributed by atoms with E-state index in [1.807, 2.05) is 12.1 Å². The zero-order valence-electron chi connectivity index (χ0n) is 8.13. The monoisotopic (exact) mass is 203 g/mol. The second-order valence-electron chi connectivity index (χ2n) is 2.99. The smallest absolute Gasteiger partial charge is 0.147 e. The first kappa shape index (κ1) is 11.0. The number of benzene rings is 1. The summed E-state index contributed by atoms with van der Waals surface area (Å²) >= 11 is 0. The van der Waals surface area contributed by atoms with Crippen LogP contribution in [0.25, 0.3) is 0 Å². The lowest BCUT2D eigenvalue weighted by Crippen LogP contribution is -2.03. The summed E-state index contributed by atoms with van der Waals surface area (Å²) in [6.45, 7) is 0.552. The number of halogens is 1. The van der Waals surface area contributed by atoms with Crippen molar-refractivity contribution in [1.82, 2.24) is 0 Å². The van der Waals surface area contributed by atoms with Crippen molar-refractivity contribution in [1.29, 1.82) is 10.5 Å². The molecule has 1 aromatic rings. The summed E-state index contributed by atoms with van der Waals surface area (Å²) in [6, 6.07) is 8.14. The van der Waals surface area contributed by atoms with Crippen LogP contribution in [0.5, 0.6) is 0 Å². The Morgan fingerprint density at radius 2 is 2.13 bits per heavy atom. The van der Waals surface area contributed by atoms with Gasteiger partial charge in [-0.15, -0.1) is 0 Å². The van der Waals surface area contributed by atoms with Crippen molar-refractivity contribution in [2.24, 2.45) is 0 Å². The van der Waals surface area contributed by atoms with Gasteiger partial charge in [-0.1, -0.05) is 0 Å². The SMILES string of the molecule is N#CCCCNc1ccc(C#N)cc1F. The minimum Gasteiger partial charge on any atom is -0.383 e. The van der Waals surface area contributed by atoms with E-state index in [9.17, 15) is 4.39 Å². The maximum atomic E-state index is 13.3. The molecular weight excluding hydrogens is 193 g/mol. The molecule has 0 saturated carbocycles. The maximum absolute atomic E-state index is 13.3. The predicted octanol–water partition coefficient (Wildman–Crippen LogP) is 2.41. The van der Waals surface area contributed by atoms with E-state index in [0.29, 0.717) is 30.6 Å². The number of hydrogen-bond donors (Lipinski definition) is 1. The quantitative estimate of drug-likeness (QED) is 0.764. The fourth-order valence-corrected chi connectivity index (χ4v) is 1.12. The molecule has 3 nitrogen and oxygen atoms in total. The lowest BCUT2D eigenvalue weighted by molar-refractivity contribution is 0.629. The number of nitrogens with one attached hydrogen (secondary N) is 1. The summed E-state index contributed by atoms with van der Waals surface area (Å²) in [5.74, 6) is -0.439. The van der Waals surface area contributed by atoms with E-state index in [4.69, 9.17) is 10.5 Å². The molecule has 0 fully saturated rings. The van der Waals surface area contributed by atoms with E-state index in [1.165, 1.54) is 12.1 Å². The second kappa shape index (κ2) is 5.62. The predicted molar refractivity (Wildman–Crippen MR) is 54.5 cm³/mol. The number of nitriles is 2. The van der Waals surface area contributed by atoms with E-state index >= 15 is 0 Å². The van der Waals surface area contributed by atoms with Crippen molar-refractivity contribution >= 4 is 5.69 Å². The van der Waals surface area contributed by atoms with Crippen LogP contribution >= 0.6 is 0 Å². The number of rotatable bonds is 4. The summed E-state index contributed by atoms with van der Waals surface area (Å²) in [6.07, 6.45) is 1.13. The van der Waals surface area contributed by atoms with Crippen LogP contribution in [0.3, 0.4) is 0 Å². The van der Waals surface area contributed by atoms with Crippen LogP contribution in [0.1, 0.15) is 18.4 Å². The van der Waals surface area contributed by atoms with Gasteiger partial charge in [-0.05, 0) is 24.6 Å². The van der Waals surface area contributed by atoms with Crippen molar-refractivity contribution in [2.45, 2.75) is 12.8 Å². The van der Waals surface area contributed by atoms with Gasteiger partial charge in [-0.3, -0.25) is 0 Å². The van der Waals surface area contributed by atoms with Gasteiger partial charge < -0.3 is 5.32 Å². The Morgan fingerprint density at radius 3 is 2.73 bits per heavy atom. The van der Waals surface area contributed by atoms with E-state index in [0.717, 1.165) is 0 Å². The number of unbranched alkanes of at least 4 members (excludes halogenated alkanes) is 1. The third kappa shape index (κ3) is 3.28. The van der Waals surface area contributed by atoms with Gasteiger partial charge in [0.1, 0.15) is 5.82 Å². The Kier molecular flexibility index (Phi) is 4.12. The van der Waals surface area contributed by atoms with Crippen LogP contribution in [0.2, 0.25) is 0 Å². The molecule has 0 radical (unpaired) electrons. The Morgan fingerprint density at radius 1 is 1.33 bits per heavy atom. The van der Waals surface area contributed by atoms with Crippen LogP contribution in [0.15, 0.2) is 18.2 Å². The van der Waals surface area contributed by atoms with E-state index in [2.05, 4.69) is 5.32 Å². The highest BCUT2D eigenvalue weighted by atomic mass is 19.1. The normalized spacial score (nSPS) is 9.00. The average Bonchev–Trinajstić information content (AvgIpc) is 2.26. The molecule has 1 aromatic carbocycles. The molecule has 0 heterocycles. The molecule has 0 atom stereocenters. The number of hydrogen-bond acceptors (Lipinski definition) is 3.